The highest BCUT2D eigenvalue weighted by atomic mass is 32.3. The van der Waals surface area contributed by atoms with Crippen LogP contribution in [0.4, 0.5) is 13.2 Å². The fourth-order valence-electron chi connectivity index (χ4n) is 2.94. The summed E-state index contributed by atoms with van der Waals surface area (Å²) in [5.74, 6) is 0. The van der Waals surface area contributed by atoms with Gasteiger partial charge in [0.1, 0.15) is 0 Å². The van der Waals surface area contributed by atoms with Crippen molar-refractivity contribution in [2.45, 2.75) is 29.8 Å². The van der Waals surface area contributed by atoms with Crippen LogP contribution in [-0.4, -0.2) is 9.11 Å². The Labute approximate surface area is 157 Å². The first-order valence-corrected chi connectivity index (χ1v) is 9.76. The second-order valence-electron chi connectivity index (χ2n) is 6.48. The number of alkyl halides is 3. The number of hydrogen-bond donors (Lipinski definition) is 2. The number of benzene rings is 3. The lowest BCUT2D eigenvalue weighted by Crippen LogP contribution is -2.04. The molecule has 0 aliphatic rings. The largest absolute Gasteiger partial charge is 0.416 e. The van der Waals surface area contributed by atoms with E-state index in [1.54, 1.807) is 36.4 Å². The van der Waals surface area contributed by atoms with Crippen LogP contribution in [-0.2, 0) is 6.18 Å². The molecule has 0 aliphatic carbocycles. The zero-order valence-corrected chi connectivity index (χ0v) is 15.6. The maximum absolute atomic E-state index is 12.7. The Kier molecular flexibility index (Phi) is 5.08. The van der Waals surface area contributed by atoms with Crippen LogP contribution in [0.2, 0.25) is 0 Å². The summed E-state index contributed by atoms with van der Waals surface area (Å²) in [6, 6.07) is 16.8. The average Bonchev–Trinajstić information content (AvgIpc) is 2.60. The fraction of sp³-hybridized carbons (Fsp3) is 0.143. The molecule has 3 aromatic carbocycles. The van der Waals surface area contributed by atoms with Gasteiger partial charge in [-0.15, -0.1) is 10.6 Å². The van der Waals surface area contributed by atoms with Crippen molar-refractivity contribution in [3.63, 3.8) is 0 Å². The third kappa shape index (κ3) is 4.18. The van der Waals surface area contributed by atoms with E-state index >= 15 is 0 Å². The molecule has 142 valence electrons. The number of rotatable bonds is 3. The van der Waals surface area contributed by atoms with Crippen LogP contribution in [0.25, 0.3) is 11.1 Å². The Morgan fingerprint density at radius 3 is 1.85 bits per heavy atom. The van der Waals surface area contributed by atoms with E-state index in [1.807, 2.05) is 19.9 Å². The predicted molar refractivity (Wildman–Crippen MR) is 102 cm³/mol. The smallest absolute Gasteiger partial charge is 0.290 e. The first kappa shape index (κ1) is 19.5. The standard InChI is InChI=1S/C21H19F3O2S/c1-14-10-15(2)12-20(11-14)27(25,26)19-5-3-4-17(13-19)16-6-8-18(9-7-16)21(22,23)24/h3-13,25-26H,1-2H3. The Morgan fingerprint density at radius 1 is 0.704 bits per heavy atom. The quantitative estimate of drug-likeness (QED) is 0.496. The van der Waals surface area contributed by atoms with E-state index in [1.165, 1.54) is 12.1 Å². The van der Waals surface area contributed by atoms with Crippen LogP contribution in [0, 0.1) is 13.8 Å². The number of halogens is 3. The molecule has 2 N–H and O–H groups in total. The van der Waals surface area contributed by atoms with Gasteiger partial charge in [0.25, 0.3) is 0 Å². The van der Waals surface area contributed by atoms with Crippen LogP contribution in [0.5, 0.6) is 0 Å². The van der Waals surface area contributed by atoms with Gasteiger partial charge in [0.2, 0.25) is 0 Å². The van der Waals surface area contributed by atoms with Gasteiger partial charge in [-0.25, -0.2) is 0 Å². The molecule has 0 fully saturated rings. The molecule has 0 bridgehead atoms. The van der Waals surface area contributed by atoms with Gasteiger partial charge in [-0.2, -0.15) is 13.2 Å². The first-order chi connectivity index (χ1) is 12.6. The van der Waals surface area contributed by atoms with Crippen molar-refractivity contribution >= 4 is 10.6 Å². The highest BCUT2D eigenvalue weighted by Crippen LogP contribution is 2.56. The third-order valence-electron chi connectivity index (χ3n) is 4.23. The molecule has 0 spiro atoms. The zero-order valence-electron chi connectivity index (χ0n) is 14.8. The van der Waals surface area contributed by atoms with Crippen LogP contribution >= 0.6 is 10.6 Å². The highest BCUT2D eigenvalue weighted by molar-refractivity contribution is 8.24. The summed E-state index contributed by atoms with van der Waals surface area (Å²) in [6.07, 6.45) is -4.39. The Morgan fingerprint density at radius 2 is 1.30 bits per heavy atom. The molecule has 3 rings (SSSR count). The first-order valence-electron chi connectivity index (χ1n) is 8.22. The molecular weight excluding hydrogens is 373 g/mol. The van der Waals surface area contributed by atoms with Gasteiger partial charge < -0.3 is 0 Å². The molecular formula is C21H19F3O2S. The van der Waals surface area contributed by atoms with Crippen molar-refractivity contribution in [3.8, 4) is 11.1 Å². The average molecular weight is 392 g/mol. The van der Waals surface area contributed by atoms with E-state index in [9.17, 15) is 22.3 Å². The number of hydrogen-bond acceptors (Lipinski definition) is 2. The lowest BCUT2D eigenvalue weighted by Gasteiger charge is -2.33. The molecule has 0 atom stereocenters. The summed E-state index contributed by atoms with van der Waals surface area (Å²) in [6.45, 7) is 3.76. The van der Waals surface area contributed by atoms with Crippen molar-refractivity contribution in [1.29, 1.82) is 0 Å². The summed E-state index contributed by atoms with van der Waals surface area (Å²) < 4.78 is 59.8. The molecule has 0 unspecified atom stereocenters. The monoisotopic (exact) mass is 392 g/mol. The van der Waals surface area contributed by atoms with Gasteiger partial charge in [0, 0.05) is 0 Å². The minimum Gasteiger partial charge on any atom is -0.290 e. The van der Waals surface area contributed by atoms with Gasteiger partial charge in [-0.1, -0.05) is 30.3 Å². The Hall–Kier alpha value is -2.28. The zero-order chi connectivity index (χ0) is 19.8. The summed E-state index contributed by atoms with van der Waals surface area (Å²) in [7, 11) is -3.23. The van der Waals surface area contributed by atoms with E-state index in [2.05, 4.69) is 0 Å². The minimum atomic E-state index is -4.39. The van der Waals surface area contributed by atoms with Gasteiger partial charge in [-0.3, -0.25) is 9.11 Å². The van der Waals surface area contributed by atoms with E-state index in [0.29, 0.717) is 20.9 Å². The summed E-state index contributed by atoms with van der Waals surface area (Å²) in [5, 5.41) is 0. The van der Waals surface area contributed by atoms with Gasteiger partial charge in [0.15, 0.2) is 0 Å². The maximum Gasteiger partial charge on any atom is 0.416 e. The van der Waals surface area contributed by atoms with Crippen LogP contribution in [0.1, 0.15) is 16.7 Å². The normalized spacial score (nSPS) is 12.9. The minimum absolute atomic E-state index is 0.324. The van der Waals surface area contributed by atoms with E-state index < -0.39 is 22.3 Å². The second-order valence-corrected chi connectivity index (χ2v) is 8.52. The van der Waals surface area contributed by atoms with Crippen LogP contribution < -0.4 is 0 Å². The topological polar surface area (TPSA) is 40.5 Å². The van der Waals surface area contributed by atoms with Gasteiger partial charge >= 0.3 is 6.18 Å². The molecule has 0 aliphatic heterocycles. The molecule has 27 heavy (non-hydrogen) atoms. The van der Waals surface area contributed by atoms with Crippen molar-refractivity contribution in [2.75, 3.05) is 0 Å². The van der Waals surface area contributed by atoms with Crippen molar-refractivity contribution in [1.82, 2.24) is 0 Å². The molecule has 0 heterocycles. The molecule has 6 heteroatoms. The lowest BCUT2D eigenvalue weighted by atomic mass is 10.0. The van der Waals surface area contributed by atoms with Gasteiger partial charge in [-0.05, 0) is 72.5 Å². The third-order valence-corrected chi connectivity index (χ3v) is 6.04. The molecule has 0 radical (unpaired) electrons. The number of aryl methyl sites for hydroxylation is 2. The van der Waals surface area contributed by atoms with E-state index in [0.717, 1.165) is 23.3 Å². The molecule has 3 aromatic rings. The Bertz CT molecular complexity index is 944. The molecule has 0 aromatic heterocycles. The van der Waals surface area contributed by atoms with Crippen molar-refractivity contribution in [3.05, 3.63) is 83.4 Å². The molecule has 0 amide bonds. The van der Waals surface area contributed by atoms with Gasteiger partial charge in [0.05, 0.1) is 15.4 Å². The maximum atomic E-state index is 12.7. The van der Waals surface area contributed by atoms with Crippen molar-refractivity contribution < 1.29 is 22.3 Å². The lowest BCUT2D eigenvalue weighted by molar-refractivity contribution is -0.137. The SMILES string of the molecule is Cc1cc(C)cc(S(O)(O)c2cccc(-c3ccc(C(F)(F)F)cc3)c2)c1. The molecule has 2 nitrogen and oxygen atoms in total. The highest BCUT2D eigenvalue weighted by Gasteiger charge is 2.30. The summed E-state index contributed by atoms with van der Waals surface area (Å²) in [4.78, 5) is 0.745. The fourth-order valence-corrected chi connectivity index (χ4v) is 4.47. The summed E-state index contributed by atoms with van der Waals surface area (Å²) >= 11 is 0. The second kappa shape index (κ2) is 7.03. The molecule has 0 saturated carbocycles. The summed E-state index contributed by atoms with van der Waals surface area (Å²) in [5.41, 5.74) is 2.31. The predicted octanol–water partition coefficient (Wildman–Crippen LogP) is 7.16. The molecule has 0 saturated heterocycles. The van der Waals surface area contributed by atoms with Crippen LogP contribution in [0.3, 0.4) is 0 Å². The Balaban J connectivity index is 2.00. The van der Waals surface area contributed by atoms with Crippen LogP contribution in [0.15, 0.2) is 76.5 Å². The van der Waals surface area contributed by atoms with E-state index in [4.69, 9.17) is 0 Å². The van der Waals surface area contributed by atoms with E-state index in [-0.39, 0.29) is 0 Å². The van der Waals surface area contributed by atoms with Crippen molar-refractivity contribution in [2.24, 2.45) is 0 Å².